The van der Waals surface area contributed by atoms with Crippen molar-refractivity contribution in [3.05, 3.63) is 47.8 Å². The standard InChI is InChI=1S/C15H11N3O2/c16-6-12-3-4-18(9-13(12)7-17)8-11-1-2-14-15(5-11)20-10-19-14/h1-5,9,12H,8,10H2/t12-/m1/s1. The van der Waals surface area contributed by atoms with Gasteiger partial charge in [-0.2, -0.15) is 10.5 Å². The molecule has 1 aromatic carbocycles. The number of hydrogen-bond donors (Lipinski definition) is 0. The summed E-state index contributed by atoms with van der Waals surface area (Å²) in [6.45, 7) is 0.862. The zero-order chi connectivity index (χ0) is 13.9. The molecular formula is C15H11N3O2. The molecule has 0 spiro atoms. The van der Waals surface area contributed by atoms with E-state index in [9.17, 15) is 0 Å². The van der Waals surface area contributed by atoms with Gasteiger partial charge in [0.2, 0.25) is 6.79 Å². The van der Waals surface area contributed by atoms with Crippen molar-refractivity contribution >= 4 is 0 Å². The molecule has 0 bridgehead atoms. The highest BCUT2D eigenvalue weighted by Gasteiger charge is 2.17. The largest absolute Gasteiger partial charge is 0.454 e. The molecule has 0 saturated heterocycles. The highest BCUT2D eigenvalue weighted by molar-refractivity contribution is 5.44. The first-order chi connectivity index (χ1) is 9.80. The summed E-state index contributed by atoms with van der Waals surface area (Å²) in [6.07, 6.45) is 5.25. The van der Waals surface area contributed by atoms with Gasteiger partial charge in [0.05, 0.1) is 17.7 Å². The summed E-state index contributed by atoms with van der Waals surface area (Å²) in [6, 6.07) is 9.90. The third-order valence-corrected chi connectivity index (χ3v) is 3.18. The minimum Gasteiger partial charge on any atom is -0.454 e. The fourth-order valence-electron chi connectivity index (χ4n) is 2.16. The molecule has 20 heavy (non-hydrogen) atoms. The van der Waals surface area contributed by atoms with Gasteiger partial charge in [0.25, 0.3) is 0 Å². The molecule has 2 aliphatic heterocycles. The monoisotopic (exact) mass is 265 g/mol. The quantitative estimate of drug-likeness (QED) is 0.820. The van der Waals surface area contributed by atoms with E-state index in [1.54, 1.807) is 12.3 Å². The molecule has 0 fully saturated rings. The predicted molar refractivity (Wildman–Crippen MR) is 70.0 cm³/mol. The molecule has 98 valence electrons. The number of nitrogens with zero attached hydrogens (tertiary/aromatic N) is 3. The summed E-state index contributed by atoms with van der Waals surface area (Å²) in [4.78, 5) is 1.88. The summed E-state index contributed by atoms with van der Waals surface area (Å²) >= 11 is 0. The molecule has 0 aromatic heterocycles. The average Bonchev–Trinajstić information content (AvgIpc) is 2.94. The lowest BCUT2D eigenvalue weighted by Gasteiger charge is -2.21. The van der Waals surface area contributed by atoms with Crippen LogP contribution in [-0.4, -0.2) is 11.7 Å². The van der Waals surface area contributed by atoms with Gasteiger partial charge in [-0.05, 0) is 23.8 Å². The van der Waals surface area contributed by atoms with Gasteiger partial charge in [0.1, 0.15) is 5.92 Å². The van der Waals surface area contributed by atoms with Crippen molar-refractivity contribution in [1.82, 2.24) is 4.90 Å². The number of benzene rings is 1. The molecule has 0 saturated carbocycles. The molecule has 2 heterocycles. The lowest BCUT2D eigenvalue weighted by atomic mass is 10.0. The SMILES string of the molecule is N#CC1=CN(Cc2ccc3c(c2)OCO3)C=C[C@@H]1C#N. The summed E-state index contributed by atoms with van der Waals surface area (Å²) in [7, 11) is 0. The maximum absolute atomic E-state index is 9.04. The highest BCUT2D eigenvalue weighted by Crippen LogP contribution is 2.33. The Hall–Kier alpha value is -2.92. The second kappa shape index (κ2) is 4.99. The summed E-state index contributed by atoms with van der Waals surface area (Å²) in [5.74, 6) is 1.04. The molecule has 0 aliphatic carbocycles. The summed E-state index contributed by atoms with van der Waals surface area (Å²) < 4.78 is 10.6. The molecule has 0 radical (unpaired) electrons. The van der Waals surface area contributed by atoms with Crippen LogP contribution in [0.5, 0.6) is 11.5 Å². The third kappa shape index (κ3) is 2.17. The zero-order valence-electron chi connectivity index (χ0n) is 10.6. The van der Waals surface area contributed by atoms with Crippen molar-refractivity contribution in [3.8, 4) is 23.6 Å². The Morgan fingerprint density at radius 2 is 2.10 bits per heavy atom. The normalized spacial score (nSPS) is 19.2. The van der Waals surface area contributed by atoms with Crippen LogP contribution in [-0.2, 0) is 6.54 Å². The van der Waals surface area contributed by atoms with Gasteiger partial charge in [0.15, 0.2) is 11.5 Å². The number of rotatable bonds is 2. The van der Waals surface area contributed by atoms with Crippen molar-refractivity contribution < 1.29 is 9.47 Å². The maximum Gasteiger partial charge on any atom is 0.231 e. The van der Waals surface area contributed by atoms with Crippen LogP contribution in [0, 0.1) is 28.6 Å². The van der Waals surface area contributed by atoms with Crippen molar-refractivity contribution in [2.45, 2.75) is 6.54 Å². The molecular weight excluding hydrogens is 254 g/mol. The van der Waals surface area contributed by atoms with Crippen molar-refractivity contribution in [2.75, 3.05) is 6.79 Å². The number of hydrogen-bond acceptors (Lipinski definition) is 5. The zero-order valence-corrected chi connectivity index (χ0v) is 10.6. The van der Waals surface area contributed by atoms with Crippen LogP contribution in [0.3, 0.4) is 0 Å². The number of fused-ring (bicyclic) bond motifs is 1. The van der Waals surface area contributed by atoms with E-state index in [4.69, 9.17) is 20.0 Å². The van der Waals surface area contributed by atoms with Crippen LogP contribution in [0.1, 0.15) is 5.56 Å². The van der Waals surface area contributed by atoms with Crippen molar-refractivity contribution in [3.63, 3.8) is 0 Å². The average molecular weight is 265 g/mol. The minimum atomic E-state index is -0.451. The van der Waals surface area contributed by atoms with E-state index >= 15 is 0 Å². The van der Waals surface area contributed by atoms with Crippen LogP contribution in [0.2, 0.25) is 0 Å². The molecule has 3 rings (SSSR count). The van der Waals surface area contributed by atoms with Crippen LogP contribution >= 0.6 is 0 Å². The Morgan fingerprint density at radius 1 is 1.25 bits per heavy atom. The topological polar surface area (TPSA) is 69.3 Å². The second-order valence-corrected chi connectivity index (χ2v) is 4.50. The first kappa shape index (κ1) is 12.1. The third-order valence-electron chi connectivity index (χ3n) is 3.18. The Bertz CT molecular complexity index is 679. The van der Waals surface area contributed by atoms with E-state index in [1.807, 2.05) is 29.3 Å². The molecule has 0 unspecified atom stereocenters. The van der Waals surface area contributed by atoms with Gasteiger partial charge >= 0.3 is 0 Å². The van der Waals surface area contributed by atoms with Crippen LogP contribution < -0.4 is 9.47 Å². The van der Waals surface area contributed by atoms with E-state index in [-0.39, 0.29) is 6.79 Å². The fourth-order valence-corrected chi connectivity index (χ4v) is 2.16. The first-order valence-electron chi connectivity index (χ1n) is 6.14. The lowest BCUT2D eigenvalue weighted by Crippen LogP contribution is -2.16. The molecule has 0 amide bonds. The first-order valence-corrected chi connectivity index (χ1v) is 6.14. The highest BCUT2D eigenvalue weighted by atomic mass is 16.7. The molecule has 5 nitrogen and oxygen atoms in total. The van der Waals surface area contributed by atoms with Gasteiger partial charge in [-0.25, -0.2) is 0 Å². The van der Waals surface area contributed by atoms with E-state index in [0.717, 1.165) is 17.1 Å². The van der Waals surface area contributed by atoms with Crippen molar-refractivity contribution in [1.29, 1.82) is 10.5 Å². The second-order valence-electron chi connectivity index (χ2n) is 4.50. The van der Waals surface area contributed by atoms with E-state index < -0.39 is 5.92 Å². The van der Waals surface area contributed by atoms with Gasteiger partial charge in [-0.1, -0.05) is 6.07 Å². The smallest absolute Gasteiger partial charge is 0.231 e. The van der Waals surface area contributed by atoms with Gasteiger partial charge in [-0.15, -0.1) is 0 Å². The minimum absolute atomic E-state index is 0.255. The van der Waals surface area contributed by atoms with Gasteiger partial charge in [-0.3, -0.25) is 0 Å². The van der Waals surface area contributed by atoms with Gasteiger partial charge in [0, 0.05) is 18.9 Å². The summed E-state index contributed by atoms with van der Waals surface area (Å²) in [5, 5.41) is 18.0. The van der Waals surface area contributed by atoms with Crippen molar-refractivity contribution in [2.24, 2.45) is 5.92 Å². The Balaban J connectivity index is 1.78. The van der Waals surface area contributed by atoms with Gasteiger partial charge < -0.3 is 14.4 Å². The lowest BCUT2D eigenvalue weighted by molar-refractivity contribution is 0.174. The van der Waals surface area contributed by atoms with Crippen LogP contribution in [0.25, 0.3) is 0 Å². The Morgan fingerprint density at radius 3 is 2.90 bits per heavy atom. The number of allylic oxidation sites excluding steroid dienone is 2. The molecule has 2 aliphatic rings. The Kier molecular flexibility index (Phi) is 3.02. The molecule has 1 atom stereocenters. The molecule has 1 aromatic rings. The maximum atomic E-state index is 9.04. The van der Waals surface area contributed by atoms with Crippen LogP contribution in [0.15, 0.2) is 42.2 Å². The van der Waals surface area contributed by atoms with E-state index in [1.165, 1.54) is 0 Å². The number of ether oxygens (including phenoxy) is 2. The number of nitriles is 2. The van der Waals surface area contributed by atoms with E-state index in [0.29, 0.717) is 12.1 Å². The Labute approximate surface area is 116 Å². The van der Waals surface area contributed by atoms with Crippen LogP contribution in [0.4, 0.5) is 0 Å². The molecule has 0 N–H and O–H groups in total. The molecule has 5 heteroatoms. The van der Waals surface area contributed by atoms with E-state index in [2.05, 4.69) is 12.1 Å². The fraction of sp³-hybridized carbons (Fsp3) is 0.200. The summed E-state index contributed by atoms with van der Waals surface area (Å²) in [5.41, 5.74) is 1.50. The predicted octanol–water partition coefficient (Wildman–Crippen LogP) is 2.29.